The average Bonchev–Trinajstić information content (AvgIpc) is 3.19. The predicted octanol–water partition coefficient (Wildman–Crippen LogP) is 2.14. The Hall–Kier alpha value is -3.87. The van der Waals surface area contributed by atoms with Gasteiger partial charge in [0, 0.05) is 38.4 Å². The molecule has 10 heteroatoms. The van der Waals surface area contributed by atoms with Gasteiger partial charge in [-0.2, -0.15) is 5.26 Å². The van der Waals surface area contributed by atoms with Crippen molar-refractivity contribution in [3.63, 3.8) is 0 Å². The average molecular weight is 394 g/mol. The molecule has 2 saturated heterocycles. The third-order valence-electron chi connectivity index (χ3n) is 5.06. The number of carbonyl (C=O) groups is 1. The van der Waals surface area contributed by atoms with Gasteiger partial charge in [0.2, 0.25) is 0 Å². The van der Waals surface area contributed by atoms with Gasteiger partial charge < -0.3 is 14.5 Å². The molecule has 0 radical (unpaired) electrons. The van der Waals surface area contributed by atoms with Crippen LogP contribution in [0, 0.1) is 21.4 Å². The number of benzene rings is 1. The topological polar surface area (TPSA) is 116 Å². The third kappa shape index (κ3) is 3.50. The first-order chi connectivity index (χ1) is 14.1. The molecule has 1 aromatic heterocycles. The molecule has 4 rings (SSSR count). The van der Waals surface area contributed by atoms with E-state index < -0.39 is 11.0 Å². The van der Waals surface area contributed by atoms with E-state index in [1.807, 2.05) is 9.80 Å². The molecule has 0 N–H and O–H groups in total. The highest BCUT2D eigenvalue weighted by Crippen LogP contribution is 2.34. The van der Waals surface area contributed by atoms with Crippen molar-refractivity contribution in [2.75, 3.05) is 54.0 Å². The lowest BCUT2D eigenvalue weighted by Gasteiger charge is -2.36. The lowest BCUT2D eigenvalue weighted by Crippen LogP contribution is -2.47. The second-order valence-electron chi connectivity index (χ2n) is 6.66. The van der Waals surface area contributed by atoms with Gasteiger partial charge in [0.15, 0.2) is 0 Å². The van der Waals surface area contributed by atoms with Crippen LogP contribution < -0.4 is 14.7 Å². The van der Waals surface area contributed by atoms with Crippen LogP contribution in [0.15, 0.2) is 36.5 Å². The maximum Gasteiger partial charge on any atom is 0.414 e. The summed E-state index contributed by atoms with van der Waals surface area (Å²) in [5.41, 5.74) is 1.42. The van der Waals surface area contributed by atoms with Gasteiger partial charge in [-0.05, 0) is 24.3 Å². The van der Waals surface area contributed by atoms with E-state index >= 15 is 0 Å². The van der Waals surface area contributed by atoms with E-state index in [9.17, 15) is 20.2 Å². The number of aromatic nitrogens is 1. The fraction of sp³-hybridized carbons (Fsp3) is 0.316. The molecule has 2 aliphatic heterocycles. The molecule has 0 saturated carbocycles. The van der Waals surface area contributed by atoms with Gasteiger partial charge >= 0.3 is 6.09 Å². The number of nitrogens with zero attached hydrogens (tertiary/aromatic N) is 6. The zero-order valence-corrected chi connectivity index (χ0v) is 15.5. The predicted molar refractivity (Wildman–Crippen MR) is 105 cm³/mol. The Morgan fingerprint density at radius 3 is 2.55 bits per heavy atom. The number of hydrogen-bond acceptors (Lipinski definition) is 8. The number of hydrogen-bond donors (Lipinski definition) is 0. The number of ether oxygens (including phenoxy) is 1. The summed E-state index contributed by atoms with van der Waals surface area (Å²) in [7, 11) is 0. The second kappa shape index (κ2) is 7.63. The third-order valence-corrected chi connectivity index (χ3v) is 5.06. The number of nitro benzene ring substituents is 1. The smallest absolute Gasteiger partial charge is 0.414 e. The summed E-state index contributed by atoms with van der Waals surface area (Å²) in [6.45, 7) is 2.92. The molecule has 0 spiro atoms. The van der Waals surface area contributed by atoms with Gasteiger partial charge in [-0.15, -0.1) is 0 Å². The van der Waals surface area contributed by atoms with E-state index in [-0.39, 0.29) is 12.3 Å². The number of amides is 1. The molecule has 10 nitrogen and oxygen atoms in total. The van der Waals surface area contributed by atoms with Crippen molar-refractivity contribution in [1.82, 2.24) is 4.98 Å². The van der Waals surface area contributed by atoms with Gasteiger partial charge in [0.25, 0.3) is 5.69 Å². The number of nitriles is 1. The first-order valence-corrected chi connectivity index (χ1v) is 9.16. The minimum absolute atomic E-state index is 0.0498. The largest absolute Gasteiger partial charge is 0.447 e. The molecule has 29 heavy (non-hydrogen) atoms. The van der Waals surface area contributed by atoms with Crippen LogP contribution in [0.25, 0.3) is 0 Å². The standard InChI is InChI=1S/C19H18N6O4/c20-13-14-2-1-5-21-18(14)23-8-6-22(7-9-23)16-4-3-15(12-17(16)25(27)28)24-10-11-29-19(24)26/h1-5,12H,6-11H2. The van der Waals surface area contributed by atoms with Crippen LogP contribution in [-0.4, -0.2) is 55.3 Å². The number of rotatable bonds is 4. The van der Waals surface area contributed by atoms with E-state index in [1.165, 1.54) is 11.0 Å². The van der Waals surface area contributed by atoms with Crippen LogP contribution in [0.4, 0.5) is 27.7 Å². The number of anilines is 3. The number of cyclic esters (lactones) is 1. The van der Waals surface area contributed by atoms with E-state index in [0.29, 0.717) is 55.5 Å². The summed E-state index contributed by atoms with van der Waals surface area (Å²) in [6, 6.07) is 10.4. The summed E-state index contributed by atoms with van der Waals surface area (Å²) >= 11 is 0. The molecular formula is C19H18N6O4. The monoisotopic (exact) mass is 394 g/mol. The number of piperazine rings is 1. The SMILES string of the molecule is N#Cc1cccnc1N1CCN(c2ccc(N3CCOC3=O)cc2[N+](=O)[O-])CC1. The van der Waals surface area contributed by atoms with Crippen LogP contribution in [0.5, 0.6) is 0 Å². The van der Waals surface area contributed by atoms with Gasteiger partial charge in [-0.3, -0.25) is 15.0 Å². The zero-order chi connectivity index (χ0) is 20.4. The number of pyridine rings is 1. The van der Waals surface area contributed by atoms with Gasteiger partial charge in [0.05, 0.1) is 22.7 Å². The van der Waals surface area contributed by atoms with Crippen LogP contribution in [-0.2, 0) is 4.74 Å². The molecule has 148 valence electrons. The number of nitro groups is 1. The van der Waals surface area contributed by atoms with E-state index in [0.717, 1.165) is 0 Å². The van der Waals surface area contributed by atoms with Crippen LogP contribution in [0.1, 0.15) is 5.56 Å². The molecular weight excluding hydrogens is 376 g/mol. The van der Waals surface area contributed by atoms with Crippen molar-refractivity contribution in [2.24, 2.45) is 0 Å². The Morgan fingerprint density at radius 1 is 1.14 bits per heavy atom. The van der Waals surface area contributed by atoms with Gasteiger partial charge in [-0.25, -0.2) is 9.78 Å². The van der Waals surface area contributed by atoms with Gasteiger partial charge in [-0.1, -0.05) is 0 Å². The first kappa shape index (κ1) is 18.5. The minimum Gasteiger partial charge on any atom is -0.447 e. The van der Waals surface area contributed by atoms with Crippen LogP contribution in [0.2, 0.25) is 0 Å². The quantitative estimate of drug-likeness (QED) is 0.572. The second-order valence-corrected chi connectivity index (χ2v) is 6.66. The Kier molecular flexibility index (Phi) is 4.87. The summed E-state index contributed by atoms with van der Waals surface area (Å²) in [6.07, 6.45) is 1.15. The Balaban J connectivity index is 1.54. The highest BCUT2D eigenvalue weighted by Gasteiger charge is 2.29. The van der Waals surface area contributed by atoms with E-state index in [1.54, 1.807) is 30.5 Å². The molecule has 1 aromatic carbocycles. The fourth-order valence-corrected chi connectivity index (χ4v) is 3.62. The molecule has 2 aliphatic rings. The molecule has 1 amide bonds. The summed E-state index contributed by atoms with van der Waals surface area (Å²) in [4.78, 5) is 32.6. The Morgan fingerprint density at radius 2 is 1.90 bits per heavy atom. The fourth-order valence-electron chi connectivity index (χ4n) is 3.62. The van der Waals surface area contributed by atoms with Crippen molar-refractivity contribution in [2.45, 2.75) is 0 Å². The lowest BCUT2D eigenvalue weighted by molar-refractivity contribution is -0.384. The van der Waals surface area contributed by atoms with Crippen molar-refractivity contribution in [3.05, 3.63) is 52.2 Å². The van der Waals surface area contributed by atoms with E-state index in [2.05, 4.69) is 11.1 Å². The van der Waals surface area contributed by atoms with Crippen molar-refractivity contribution >= 4 is 29.0 Å². The molecule has 2 aromatic rings. The normalized spacial score (nSPS) is 16.5. The molecule has 0 unspecified atom stereocenters. The number of carbonyl (C=O) groups excluding carboxylic acids is 1. The summed E-state index contributed by atoms with van der Waals surface area (Å²) < 4.78 is 4.91. The van der Waals surface area contributed by atoms with E-state index in [4.69, 9.17) is 4.74 Å². The molecule has 0 aliphatic carbocycles. The summed E-state index contributed by atoms with van der Waals surface area (Å²) in [5, 5.41) is 20.9. The lowest BCUT2D eigenvalue weighted by atomic mass is 10.1. The first-order valence-electron chi connectivity index (χ1n) is 9.16. The van der Waals surface area contributed by atoms with Crippen LogP contribution >= 0.6 is 0 Å². The molecule has 0 atom stereocenters. The molecule has 3 heterocycles. The molecule has 2 fully saturated rings. The maximum atomic E-state index is 11.8. The summed E-state index contributed by atoms with van der Waals surface area (Å²) in [5.74, 6) is 0.632. The van der Waals surface area contributed by atoms with Crippen molar-refractivity contribution < 1.29 is 14.5 Å². The Bertz CT molecular complexity index is 996. The van der Waals surface area contributed by atoms with Crippen LogP contribution in [0.3, 0.4) is 0 Å². The molecule has 0 bridgehead atoms. The highest BCUT2D eigenvalue weighted by atomic mass is 16.6. The minimum atomic E-state index is -0.496. The Labute approximate surface area is 166 Å². The van der Waals surface area contributed by atoms with Crippen molar-refractivity contribution in [3.8, 4) is 6.07 Å². The highest BCUT2D eigenvalue weighted by molar-refractivity contribution is 5.90. The van der Waals surface area contributed by atoms with Gasteiger partial charge in [0.1, 0.15) is 24.2 Å². The zero-order valence-electron chi connectivity index (χ0n) is 15.5. The van der Waals surface area contributed by atoms with Crippen molar-refractivity contribution in [1.29, 1.82) is 5.26 Å². The maximum absolute atomic E-state index is 11.8.